The second-order valence-electron chi connectivity index (χ2n) is 6.56. The van der Waals surface area contributed by atoms with Crippen molar-refractivity contribution < 1.29 is 5.11 Å². The van der Waals surface area contributed by atoms with Crippen LogP contribution in [0.15, 0.2) is 0 Å². The Labute approximate surface area is 107 Å². The zero-order chi connectivity index (χ0) is 13.0. The molecular formula is C12H21N5O. The van der Waals surface area contributed by atoms with Gasteiger partial charge in [0.15, 0.2) is 0 Å². The average molecular weight is 251 g/mol. The van der Waals surface area contributed by atoms with Crippen molar-refractivity contribution in [3.05, 3.63) is 0 Å². The molecule has 2 aliphatic rings. The Morgan fingerprint density at radius 3 is 2.61 bits per heavy atom. The second-order valence-corrected chi connectivity index (χ2v) is 6.56. The average Bonchev–Trinajstić information content (AvgIpc) is 3.16. The Hall–Kier alpha value is -1.17. The molecule has 2 fully saturated rings. The SMILES string of the molecule is CC(C)(O)CN(c1nnnn1C1(C)CC1)C1CC1. The van der Waals surface area contributed by atoms with Gasteiger partial charge in [-0.05, 0) is 56.9 Å². The van der Waals surface area contributed by atoms with Crippen molar-refractivity contribution in [2.45, 2.75) is 63.6 Å². The summed E-state index contributed by atoms with van der Waals surface area (Å²) < 4.78 is 1.94. The van der Waals surface area contributed by atoms with Crippen molar-refractivity contribution >= 4 is 5.95 Å². The lowest BCUT2D eigenvalue weighted by Crippen LogP contribution is -2.42. The van der Waals surface area contributed by atoms with Gasteiger partial charge >= 0.3 is 0 Å². The summed E-state index contributed by atoms with van der Waals surface area (Å²) in [4.78, 5) is 2.17. The van der Waals surface area contributed by atoms with Crippen LogP contribution in [0, 0.1) is 0 Å². The van der Waals surface area contributed by atoms with E-state index in [9.17, 15) is 5.11 Å². The van der Waals surface area contributed by atoms with E-state index in [1.165, 1.54) is 12.8 Å². The van der Waals surface area contributed by atoms with Gasteiger partial charge in [0.05, 0.1) is 11.1 Å². The maximum absolute atomic E-state index is 10.1. The highest BCUT2D eigenvalue weighted by atomic mass is 16.3. The van der Waals surface area contributed by atoms with Crippen molar-refractivity contribution in [3.63, 3.8) is 0 Å². The Kier molecular flexibility index (Phi) is 2.42. The number of rotatable bonds is 5. The molecule has 0 saturated heterocycles. The summed E-state index contributed by atoms with van der Waals surface area (Å²) in [5, 5.41) is 22.2. The van der Waals surface area contributed by atoms with E-state index in [0.29, 0.717) is 12.6 Å². The fourth-order valence-corrected chi connectivity index (χ4v) is 2.27. The standard InChI is InChI=1S/C12H21N5O/c1-11(2,18)8-16(9-4-5-9)10-13-14-15-17(10)12(3)6-7-12/h9,18H,4-8H2,1-3H3. The Bertz CT molecular complexity index is 442. The first-order valence-corrected chi connectivity index (χ1v) is 6.67. The molecule has 0 aromatic carbocycles. The topological polar surface area (TPSA) is 67.1 Å². The highest BCUT2D eigenvalue weighted by molar-refractivity contribution is 5.35. The summed E-state index contributed by atoms with van der Waals surface area (Å²) in [6, 6.07) is 0.489. The lowest BCUT2D eigenvalue weighted by molar-refractivity contribution is 0.0862. The van der Waals surface area contributed by atoms with Crippen LogP contribution in [0.25, 0.3) is 0 Å². The van der Waals surface area contributed by atoms with E-state index in [-0.39, 0.29) is 5.54 Å². The van der Waals surface area contributed by atoms with Gasteiger partial charge in [0.25, 0.3) is 0 Å². The zero-order valence-electron chi connectivity index (χ0n) is 11.3. The van der Waals surface area contributed by atoms with Crippen molar-refractivity contribution in [2.24, 2.45) is 0 Å². The van der Waals surface area contributed by atoms with Gasteiger partial charge in [0.1, 0.15) is 0 Å². The molecule has 1 aromatic rings. The van der Waals surface area contributed by atoms with Crippen molar-refractivity contribution in [2.75, 3.05) is 11.4 Å². The lowest BCUT2D eigenvalue weighted by atomic mass is 10.1. The van der Waals surface area contributed by atoms with Gasteiger partial charge < -0.3 is 10.0 Å². The van der Waals surface area contributed by atoms with E-state index in [4.69, 9.17) is 0 Å². The number of anilines is 1. The summed E-state index contributed by atoms with van der Waals surface area (Å²) in [7, 11) is 0. The van der Waals surface area contributed by atoms with E-state index in [1.54, 1.807) is 0 Å². The maximum Gasteiger partial charge on any atom is 0.246 e. The molecule has 6 nitrogen and oxygen atoms in total. The second kappa shape index (κ2) is 3.66. The highest BCUT2D eigenvalue weighted by Gasteiger charge is 2.45. The first-order chi connectivity index (χ1) is 8.39. The van der Waals surface area contributed by atoms with Crippen molar-refractivity contribution in [3.8, 4) is 0 Å². The Morgan fingerprint density at radius 2 is 2.11 bits per heavy atom. The van der Waals surface area contributed by atoms with Crippen LogP contribution in [0.1, 0.15) is 46.5 Å². The van der Waals surface area contributed by atoms with Crippen LogP contribution >= 0.6 is 0 Å². The molecule has 0 radical (unpaired) electrons. The van der Waals surface area contributed by atoms with E-state index >= 15 is 0 Å². The minimum absolute atomic E-state index is 0.0889. The molecule has 6 heteroatoms. The summed E-state index contributed by atoms with van der Waals surface area (Å²) in [5.41, 5.74) is -0.643. The molecule has 0 unspecified atom stereocenters. The molecule has 1 heterocycles. The third-order valence-electron chi connectivity index (χ3n) is 3.74. The molecule has 1 N–H and O–H groups in total. The van der Waals surface area contributed by atoms with Crippen LogP contribution < -0.4 is 4.90 Å². The first kappa shape index (κ1) is 11.9. The Balaban J connectivity index is 1.88. The molecule has 18 heavy (non-hydrogen) atoms. The van der Waals surface area contributed by atoms with Crippen LogP contribution in [0.2, 0.25) is 0 Å². The maximum atomic E-state index is 10.1. The van der Waals surface area contributed by atoms with Gasteiger partial charge in [-0.1, -0.05) is 5.10 Å². The minimum atomic E-state index is -0.732. The fourth-order valence-electron chi connectivity index (χ4n) is 2.27. The first-order valence-electron chi connectivity index (χ1n) is 6.67. The third-order valence-corrected chi connectivity index (χ3v) is 3.74. The lowest BCUT2D eigenvalue weighted by Gasteiger charge is -2.30. The monoisotopic (exact) mass is 251 g/mol. The van der Waals surface area contributed by atoms with E-state index in [1.807, 2.05) is 18.5 Å². The molecule has 0 bridgehead atoms. The van der Waals surface area contributed by atoms with Gasteiger partial charge in [-0.15, -0.1) is 0 Å². The van der Waals surface area contributed by atoms with E-state index in [0.717, 1.165) is 18.8 Å². The van der Waals surface area contributed by atoms with E-state index < -0.39 is 5.60 Å². The van der Waals surface area contributed by atoms with Gasteiger partial charge in [0.2, 0.25) is 5.95 Å². The van der Waals surface area contributed by atoms with Crippen LogP contribution in [0.5, 0.6) is 0 Å². The molecule has 100 valence electrons. The van der Waals surface area contributed by atoms with Crippen LogP contribution in [-0.2, 0) is 5.54 Å². The zero-order valence-corrected chi connectivity index (χ0v) is 11.3. The molecule has 0 aliphatic heterocycles. The molecule has 2 aliphatic carbocycles. The molecule has 0 spiro atoms. The number of nitrogens with zero attached hydrogens (tertiary/aromatic N) is 5. The molecule has 1 aromatic heterocycles. The molecule has 2 saturated carbocycles. The normalized spacial score (nSPS) is 22.0. The molecular weight excluding hydrogens is 230 g/mol. The largest absolute Gasteiger partial charge is 0.389 e. The number of aliphatic hydroxyl groups is 1. The number of tetrazole rings is 1. The number of hydrogen-bond donors (Lipinski definition) is 1. The van der Waals surface area contributed by atoms with Crippen LogP contribution in [0.3, 0.4) is 0 Å². The minimum Gasteiger partial charge on any atom is -0.389 e. The number of hydrogen-bond acceptors (Lipinski definition) is 5. The van der Waals surface area contributed by atoms with Crippen molar-refractivity contribution in [1.29, 1.82) is 0 Å². The van der Waals surface area contributed by atoms with Crippen LogP contribution in [-0.4, -0.2) is 43.5 Å². The summed E-state index contributed by atoms with van der Waals surface area (Å²) in [6.45, 7) is 6.42. The highest BCUT2D eigenvalue weighted by Crippen LogP contribution is 2.45. The quantitative estimate of drug-likeness (QED) is 0.843. The predicted octanol–water partition coefficient (Wildman–Crippen LogP) is 0.922. The van der Waals surface area contributed by atoms with Gasteiger partial charge in [0, 0.05) is 12.6 Å². The summed E-state index contributed by atoms with van der Waals surface area (Å²) in [5.74, 6) is 0.819. The van der Waals surface area contributed by atoms with Gasteiger partial charge in [-0.3, -0.25) is 0 Å². The molecule has 0 amide bonds. The van der Waals surface area contributed by atoms with Crippen molar-refractivity contribution in [1.82, 2.24) is 20.2 Å². The molecule has 3 rings (SSSR count). The van der Waals surface area contributed by atoms with E-state index in [2.05, 4.69) is 27.3 Å². The van der Waals surface area contributed by atoms with Crippen LogP contribution in [0.4, 0.5) is 5.95 Å². The van der Waals surface area contributed by atoms with Gasteiger partial charge in [-0.25, -0.2) is 4.68 Å². The van der Waals surface area contributed by atoms with Gasteiger partial charge in [-0.2, -0.15) is 0 Å². The predicted molar refractivity (Wildman–Crippen MR) is 67.4 cm³/mol. The number of aromatic nitrogens is 4. The molecule has 0 atom stereocenters. The smallest absolute Gasteiger partial charge is 0.246 e. The Morgan fingerprint density at radius 1 is 1.44 bits per heavy atom. The summed E-state index contributed by atoms with van der Waals surface area (Å²) in [6.07, 6.45) is 4.59. The third kappa shape index (κ3) is 2.21. The summed E-state index contributed by atoms with van der Waals surface area (Å²) >= 11 is 0. The fraction of sp³-hybridized carbons (Fsp3) is 0.917.